The van der Waals surface area contributed by atoms with E-state index in [-0.39, 0.29) is 15.5 Å². The summed E-state index contributed by atoms with van der Waals surface area (Å²) < 4.78 is 32.2. The van der Waals surface area contributed by atoms with Crippen molar-refractivity contribution in [3.8, 4) is 0 Å². The Morgan fingerprint density at radius 3 is 2.36 bits per heavy atom. The molecule has 1 aliphatic rings. The van der Waals surface area contributed by atoms with Crippen molar-refractivity contribution in [2.45, 2.75) is 43.6 Å². The Bertz CT molecular complexity index is 866. The largest absolute Gasteiger partial charge is 0.449 e. The van der Waals surface area contributed by atoms with Crippen molar-refractivity contribution in [3.05, 3.63) is 28.8 Å². The molecule has 9 nitrogen and oxygen atoms in total. The number of nitrogens with two attached hydrogens (primary N) is 1. The quantitative estimate of drug-likeness (QED) is 0.680. The molecule has 28 heavy (non-hydrogen) atoms. The zero-order valence-corrected chi connectivity index (χ0v) is 16.9. The molecule has 1 fully saturated rings. The number of benzene rings is 1. The minimum atomic E-state index is -3.88. The van der Waals surface area contributed by atoms with Crippen molar-refractivity contribution < 1.29 is 27.5 Å². The van der Waals surface area contributed by atoms with Gasteiger partial charge in [-0.1, -0.05) is 24.4 Å². The average Bonchev–Trinajstić information content (AvgIpc) is 2.91. The van der Waals surface area contributed by atoms with Crippen LogP contribution in [0, 0.1) is 0 Å². The first kappa shape index (κ1) is 22.1. The molecule has 0 saturated carbocycles. The number of carbonyl (C=O) groups excluding carboxylic acids is 3. The molecule has 1 heterocycles. The molecule has 2 rings (SSSR count). The highest BCUT2D eigenvalue weighted by atomic mass is 35.5. The maximum absolute atomic E-state index is 13.0. The highest BCUT2D eigenvalue weighted by Gasteiger charge is 2.29. The first-order valence-electron chi connectivity index (χ1n) is 8.74. The van der Waals surface area contributed by atoms with Gasteiger partial charge in [-0.05, 0) is 38.0 Å². The number of carbonyl (C=O) groups is 3. The van der Waals surface area contributed by atoms with E-state index in [9.17, 15) is 22.8 Å². The number of hydrogen-bond donors (Lipinski definition) is 2. The number of ether oxygens (including phenoxy) is 1. The Hall–Kier alpha value is -2.17. The molecule has 0 spiro atoms. The van der Waals surface area contributed by atoms with E-state index in [1.54, 1.807) is 5.32 Å². The molecule has 0 aromatic heterocycles. The van der Waals surface area contributed by atoms with Crippen molar-refractivity contribution in [2.24, 2.45) is 5.73 Å². The molecule has 3 amide bonds. The van der Waals surface area contributed by atoms with Crippen molar-refractivity contribution in [1.29, 1.82) is 0 Å². The number of nitrogens with zero attached hydrogens (tertiary/aromatic N) is 1. The van der Waals surface area contributed by atoms with Crippen LogP contribution in [-0.4, -0.2) is 49.8 Å². The van der Waals surface area contributed by atoms with Crippen LogP contribution in [0.5, 0.6) is 0 Å². The standard InChI is InChI=1S/C17H22ClN3O6S/c1-11(15(22)20-17(19)24)27-16(23)12-6-7-13(18)14(10-12)28(25,26)21-8-4-2-3-5-9-21/h6-7,10-11H,2-5,8-9H2,1H3,(H3,19,20,22,24). The minimum absolute atomic E-state index is 0.0136. The summed E-state index contributed by atoms with van der Waals surface area (Å²) in [5, 5.41) is 1.78. The molecule has 0 aliphatic carbocycles. The summed E-state index contributed by atoms with van der Waals surface area (Å²) in [5.41, 5.74) is 4.76. The van der Waals surface area contributed by atoms with Gasteiger partial charge in [-0.2, -0.15) is 4.31 Å². The molecule has 3 N–H and O–H groups in total. The zero-order valence-electron chi connectivity index (χ0n) is 15.3. The predicted molar refractivity (Wildman–Crippen MR) is 101 cm³/mol. The molecule has 1 unspecified atom stereocenters. The van der Waals surface area contributed by atoms with E-state index in [1.807, 2.05) is 0 Å². The summed E-state index contributed by atoms with van der Waals surface area (Å²) in [6.45, 7) is 2.02. The lowest BCUT2D eigenvalue weighted by molar-refractivity contribution is -0.127. The number of rotatable bonds is 5. The summed E-state index contributed by atoms with van der Waals surface area (Å²) in [7, 11) is -3.88. The fourth-order valence-electron chi connectivity index (χ4n) is 2.75. The number of primary amides is 1. The van der Waals surface area contributed by atoms with Crippen LogP contribution in [0.2, 0.25) is 5.02 Å². The van der Waals surface area contributed by atoms with E-state index in [1.165, 1.54) is 23.4 Å². The number of nitrogens with one attached hydrogen (secondary N) is 1. The normalized spacial score (nSPS) is 16.6. The number of urea groups is 1. The lowest BCUT2D eigenvalue weighted by atomic mass is 10.2. The van der Waals surface area contributed by atoms with Gasteiger partial charge in [0.1, 0.15) is 4.90 Å². The SMILES string of the molecule is CC(OC(=O)c1ccc(Cl)c(S(=O)(=O)N2CCCCCC2)c1)C(=O)NC(N)=O. The Morgan fingerprint density at radius 1 is 1.18 bits per heavy atom. The molecule has 11 heteroatoms. The van der Waals surface area contributed by atoms with Crippen molar-refractivity contribution in [2.75, 3.05) is 13.1 Å². The summed E-state index contributed by atoms with van der Waals surface area (Å²) in [6.07, 6.45) is 2.12. The van der Waals surface area contributed by atoms with E-state index in [0.717, 1.165) is 31.7 Å². The van der Waals surface area contributed by atoms with Crippen LogP contribution in [0.3, 0.4) is 0 Å². The van der Waals surface area contributed by atoms with Gasteiger partial charge >= 0.3 is 12.0 Å². The monoisotopic (exact) mass is 431 g/mol. The van der Waals surface area contributed by atoms with Crippen LogP contribution >= 0.6 is 11.6 Å². The first-order chi connectivity index (χ1) is 13.1. The second-order valence-electron chi connectivity index (χ2n) is 6.36. The number of imide groups is 1. The highest BCUT2D eigenvalue weighted by molar-refractivity contribution is 7.89. The molecule has 1 aromatic carbocycles. The smallest absolute Gasteiger partial charge is 0.338 e. The first-order valence-corrected chi connectivity index (χ1v) is 10.6. The molecule has 154 valence electrons. The van der Waals surface area contributed by atoms with Gasteiger partial charge < -0.3 is 10.5 Å². The zero-order chi connectivity index (χ0) is 20.9. The maximum Gasteiger partial charge on any atom is 0.338 e. The fraction of sp³-hybridized carbons (Fsp3) is 0.471. The van der Waals surface area contributed by atoms with Crippen molar-refractivity contribution in [3.63, 3.8) is 0 Å². The summed E-state index contributed by atoms with van der Waals surface area (Å²) >= 11 is 6.09. The van der Waals surface area contributed by atoms with Gasteiger partial charge in [-0.3, -0.25) is 10.1 Å². The predicted octanol–water partition coefficient (Wildman–Crippen LogP) is 1.64. The molecule has 0 bridgehead atoms. The maximum atomic E-state index is 13.0. The van der Waals surface area contributed by atoms with Gasteiger partial charge in [0, 0.05) is 13.1 Å². The second-order valence-corrected chi connectivity index (χ2v) is 8.68. The molecule has 1 aromatic rings. The van der Waals surface area contributed by atoms with Crippen LogP contribution in [0.1, 0.15) is 43.0 Å². The molecule has 1 saturated heterocycles. The molecule has 0 radical (unpaired) electrons. The average molecular weight is 432 g/mol. The summed E-state index contributed by atoms with van der Waals surface area (Å²) in [4.78, 5) is 34.4. The summed E-state index contributed by atoms with van der Waals surface area (Å²) in [5.74, 6) is -1.83. The third-order valence-electron chi connectivity index (χ3n) is 4.25. The lowest BCUT2D eigenvalue weighted by Crippen LogP contribution is -2.42. The Balaban J connectivity index is 2.23. The van der Waals surface area contributed by atoms with Crippen LogP contribution in [0.25, 0.3) is 0 Å². The van der Waals surface area contributed by atoms with Crippen LogP contribution in [-0.2, 0) is 19.6 Å². The highest BCUT2D eigenvalue weighted by Crippen LogP contribution is 2.28. The fourth-order valence-corrected chi connectivity index (χ4v) is 4.77. The van der Waals surface area contributed by atoms with Gasteiger partial charge in [0.05, 0.1) is 10.6 Å². The Kier molecular flexibility index (Phi) is 7.39. The Morgan fingerprint density at radius 2 is 1.79 bits per heavy atom. The van der Waals surface area contributed by atoms with Crippen LogP contribution in [0.4, 0.5) is 4.79 Å². The number of sulfonamides is 1. The molecule has 1 atom stereocenters. The third kappa shape index (κ3) is 5.43. The minimum Gasteiger partial charge on any atom is -0.449 e. The van der Waals surface area contributed by atoms with E-state index < -0.39 is 34.0 Å². The van der Waals surface area contributed by atoms with E-state index in [0.29, 0.717) is 13.1 Å². The molecular formula is C17H22ClN3O6S. The molecule has 1 aliphatic heterocycles. The number of esters is 1. The Labute approximate surface area is 168 Å². The summed E-state index contributed by atoms with van der Waals surface area (Å²) in [6, 6.07) is 2.64. The van der Waals surface area contributed by atoms with E-state index in [2.05, 4.69) is 0 Å². The number of hydrogen-bond acceptors (Lipinski definition) is 6. The van der Waals surface area contributed by atoms with Crippen LogP contribution < -0.4 is 11.1 Å². The van der Waals surface area contributed by atoms with Gasteiger partial charge in [0.15, 0.2) is 6.10 Å². The van der Waals surface area contributed by atoms with Gasteiger partial charge in [-0.25, -0.2) is 18.0 Å². The van der Waals surface area contributed by atoms with Crippen molar-refractivity contribution >= 4 is 39.5 Å². The third-order valence-corrected chi connectivity index (χ3v) is 6.63. The van der Waals surface area contributed by atoms with E-state index in [4.69, 9.17) is 22.1 Å². The topological polar surface area (TPSA) is 136 Å². The van der Waals surface area contributed by atoms with Crippen molar-refractivity contribution in [1.82, 2.24) is 9.62 Å². The van der Waals surface area contributed by atoms with E-state index >= 15 is 0 Å². The molecular weight excluding hydrogens is 410 g/mol. The van der Waals surface area contributed by atoms with Gasteiger partial charge in [0.25, 0.3) is 5.91 Å². The van der Waals surface area contributed by atoms with Gasteiger partial charge in [0.2, 0.25) is 10.0 Å². The second kappa shape index (κ2) is 9.35. The van der Waals surface area contributed by atoms with Crippen LogP contribution in [0.15, 0.2) is 23.1 Å². The lowest BCUT2D eigenvalue weighted by Gasteiger charge is -2.21. The number of amides is 3. The van der Waals surface area contributed by atoms with Gasteiger partial charge in [-0.15, -0.1) is 0 Å². The number of halogens is 1.